The van der Waals surface area contributed by atoms with Crippen LogP contribution in [0.3, 0.4) is 0 Å². The van der Waals surface area contributed by atoms with Crippen molar-refractivity contribution in [2.45, 2.75) is 53.4 Å². The van der Waals surface area contributed by atoms with Crippen LogP contribution in [0.2, 0.25) is 0 Å². The highest BCUT2D eigenvalue weighted by atomic mass is 16.1. The topological polar surface area (TPSA) is 29.1 Å². The Hall–Kier alpha value is -1.57. The van der Waals surface area contributed by atoms with Crippen LogP contribution in [-0.2, 0) is 4.79 Å². The van der Waals surface area contributed by atoms with Crippen LogP contribution in [-0.4, -0.2) is 5.78 Å². The van der Waals surface area contributed by atoms with E-state index < -0.39 is 0 Å². The second-order valence-corrected chi connectivity index (χ2v) is 5.68. The molecule has 2 nitrogen and oxygen atoms in total. The Balaban J connectivity index is 3.25. The molecule has 1 aromatic rings. The van der Waals surface area contributed by atoms with Crippen molar-refractivity contribution in [3.63, 3.8) is 0 Å². The van der Waals surface area contributed by atoms with Gasteiger partial charge in [-0.25, -0.2) is 0 Å². The largest absolute Gasteiger partial charge is 0.359 e. The second kappa shape index (κ2) is 6.55. The molecule has 1 aromatic carbocycles. The highest BCUT2D eigenvalue weighted by Crippen LogP contribution is 2.33. The Morgan fingerprint density at radius 2 is 1.53 bits per heavy atom. The molecular formula is C17H25NO. The molecule has 1 rings (SSSR count). The van der Waals surface area contributed by atoms with Crippen LogP contribution in [0.15, 0.2) is 30.0 Å². The van der Waals surface area contributed by atoms with Crippen molar-refractivity contribution >= 4 is 11.5 Å². The van der Waals surface area contributed by atoms with Gasteiger partial charge in [0.1, 0.15) is 0 Å². The highest BCUT2D eigenvalue weighted by molar-refractivity contribution is 5.88. The van der Waals surface area contributed by atoms with Crippen LogP contribution < -0.4 is 5.32 Å². The van der Waals surface area contributed by atoms with E-state index in [1.54, 1.807) is 13.0 Å². The number of allylic oxidation sites excluding steroid dienone is 2. The predicted molar refractivity (Wildman–Crippen MR) is 82.7 cm³/mol. The minimum Gasteiger partial charge on any atom is -0.359 e. The molecule has 19 heavy (non-hydrogen) atoms. The lowest BCUT2D eigenvalue weighted by Gasteiger charge is -2.21. The van der Waals surface area contributed by atoms with E-state index in [9.17, 15) is 4.79 Å². The molecule has 0 atom stereocenters. The fourth-order valence-electron chi connectivity index (χ4n) is 2.23. The van der Waals surface area contributed by atoms with E-state index in [-0.39, 0.29) is 5.78 Å². The molecule has 104 valence electrons. The Morgan fingerprint density at radius 1 is 1.05 bits per heavy atom. The van der Waals surface area contributed by atoms with E-state index in [4.69, 9.17) is 0 Å². The van der Waals surface area contributed by atoms with Gasteiger partial charge in [0.2, 0.25) is 0 Å². The molecule has 0 saturated heterocycles. The molecule has 0 aliphatic rings. The van der Waals surface area contributed by atoms with Crippen LogP contribution in [0.1, 0.15) is 64.5 Å². The molecule has 0 radical (unpaired) electrons. The summed E-state index contributed by atoms with van der Waals surface area (Å²) in [5.41, 5.74) is 4.63. The van der Waals surface area contributed by atoms with Crippen LogP contribution in [0.25, 0.3) is 0 Å². The van der Waals surface area contributed by atoms with E-state index in [1.165, 1.54) is 11.1 Å². The minimum atomic E-state index is 0.0677. The van der Waals surface area contributed by atoms with Crippen molar-refractivity contribution in [3.8, 4) is 0 Å². The second-order valence-electron chi connectivity index (χ2n) is 5.68. The van der Waals surface area contributed by atoms with E-state index >= 15 is 0 Å². The first-order valence-electron chi connectivity index (χ1n) is 6.91. The molecule has 0 saturated carbocycles. The molecule has 0 aliphatic heterocycles. The van der Waals surface area contributed by atoms with Gasteiger partial charge in [-0.2, -0.15) is 0 Å². The quantitative estimate of drug-likeness (QED) is 0.767. The maximum absolute atomic E-state index is 11.2. The monoisotopic (exact) mass is 259 g/mol. The van der Waals surface area contributed by atoms with E-state index in [0.29, 0.717) is 11.8 Å². The molecule has 1 N–H and O–H groups in total. The van der Waals surface area contributed by atoms with Crippen molar-refractivity contribution in [2.75, 3.05) is 5.32 Å². The molecule has 0 heterocycles. The Kier molecular flexibility index (Phi) is 5.34. The lowest BCUT2D eigenvalue weighted by atomic mass is 9.92. The summed E-state index contributed by atoms with van der Waals surface area (Å²) < 4.78 is 0. The van der Waals surface area contributed by atoms with Gasteiger partial charge in [0.25, 0.3) is 0 Å². The van der Waals surface area contributed by atoms with Crippen molar-refractivity contribution in [3.05, 3.63) is 41.1 Å². The van der Waals surface area contributed by atoms with Gasteiger partial charge >= 0.3 is 0 Å². The zero-order valence-electron chi connectivity index (χ0n) is 12.9. The number of ketones is 1. The highest BCUT2D eigenvalue weighted by Gasteiger charge is 2.13. The number of carbonyl (C=O) groups is 1. The lowest BCUT2D eigenvalue weighted by molar-refractivity contribution is -0.112. The molecule has 0 aliphatic carbocycles. The third-order valence-corrected chi connectivity index (χ3v) is 3.11. The van der Waals surface area contributed by atoms with Gasteiger partial charge < -0.3 is 5.32 Å². The number of para-hydroxylation sites is 1. The van der Waals surface area contributed by atoms with Crippen molar-refractivity contribution < 1.29 is 4.79 Å². The summed E-state index contributed by atoms with van der Waals surface area (Å²) in [7, 11) is 0. The van der Waals surface area contributed by atoms with Gasteiger partial charge in [-0.3, -0.25) is 4.79 Å². The summed E-state index contributed by atoms with van der Waals surface area (Å²) in [6.45, 7) is 12.3. The zero-order chi connectivity index (χ0) is 14.6. The third-order valence-electron chi connectivity index (χ3n) is 3.11. The van der Waals surface area contributed by atoms with Gasteiger partial charge in [0.15, 0.2) is 5.78 Å². The molecule has 2 heteroatoms. The van der Waals surface area contributed by atoms with Crippen molar-refractivity contribution in [2.24, 2.45) is 0 Å². The van der Waals surface area contributed by atoms with Crippen molar-refractivity contribution in [1.82, 2.24) is 0 Å². The fourth-order valence-corrected chi connectivity index (χ4v) is 2.23. The van der Waals surface area contributed by atoms with Gasteiger partial charge in [0.05, 0.1) is 0 Å². The molecule has 0 aromatic heterocycles. The predicted octanol–water partition coefficient (Wildman–Crippen LogP) is 4.84. The fraction of sp³-hybridized carbons (Fsp3) is 0.471. The number of nitrogens with one attached hydrogen (secondary N) is 1. The molecule has 0 amide bonds. The van der Waals surface area contributed by atoms with Gasteiger partial charge in [-0.1, -0.05) is 45.9 Å². The number of rotatable bonds is 5. The molecule has 0 fully saturated rings. The normalized spacial score (nSPS) is 12.1. The van der Waals surface area contributed by atoms with Crippen molar-refractivity contribution in [1.29, 1.82) is 0 Å². The lowest BCUT2D eigenvalue weighted by Crippen LogP contribution is -2.07. The summed E-state index contributed by atoms with van der Waals surface area (Å²) in [6, 6.07) is 6.42. The molecule has 0 spiro atoms. The summed E-state index contributed by atoms with van der Waals surface area (Å²) in [4.78, 5) is 11.2. The first kappa shape index (κ1) is 15.5. The average molecular weight is 259 g/mol. The first-order valence-corrected chi connectivity index (χ1v) is 6.91. The Morgan fingerprint density at radius 3 is 1.89 bits per heavy atom. The smallest absolute Gasteiger partial charge is 0.154 e. The standard InChI is InChI=1S/C17H25NO/c1-11(2)15-8-7-9-16(12(3)4)17(15)18-13(5)10-14(6)19/h7-12,18H,1-6H3/b13-10-. The van der Waals surface area contributed by atoms with E-state index in [0.717, 1.165) is 11.4 Å². The molecule has 0 bridgehead atoms. The summed E-state index contributed by atoms with van der Waals surface area (Å²) >= 11 is 0. The van der Waals surface area contributed by atoms with E-state index in [1.807, 2.05) is 6.92 Å². The van der Waals surface area contributed by atoms with Crippen LogP contribution >= 0.6 is 0 Å². The van der Waals surface area contributed by atoms with Gasteiger partial charge in [0, 0.05) is 11.4 Å². The molecular weight excluding hydrogens is 234 g/mol. The van der Waals surface area contributed by atoms with Gasteiger partial charge in [-0.05, 0) is 42.9 Å². The maximum Gasteiger partial charge on any atom is 0.154 e. The first-order chi connectivity index (χ1) is 8.82. The maximum atomic E-state index is 11.2. The number of carbonyl (C=O) groups excluding carboxylic acids is 1. The Labute approximate surface area is 116 Å². The van der Waals surface area contributed by atoms with Crippen LogP contribution in [0, 0.1) is 0 Å². The number of benzene rings is 1. The van der Waals surface area contributed by atoms with Crippen LogP contribution in [0.5, 0.6) is 0 Å². The third kappa shape index (κ3) is 4.23. The number of hydrogen-bond acceptors (Lipinski definition) is 2. The summed E-state index contributed by atoms with van der Waals surface area (Å²) in [5, 5.41) is 3.41. The van der Waals surface area contributed by atoms with E-state index in [2.05, 4.69) is 51.2 Å². The Bertz CT molecular complexity index is 458. The molecule has 0 unspecified atom stereocenters. The summed E-state index contributed by atoms with van der Waals surface area (Å²) in [5.74, 6) is 0.968. The van der Waals surface area contributed by atoms with Gasteiger partial charge in [-0.15, -0.1) is 0 Å². The SMILES string of the molecule is CC(=O)/C=C(/C)Nc1c(C(C)C)cccc1C(C)C. The number of anilines is 1. The average Bonchev–Trinajstić information content (AvgIpc) is 2.27. The summed E-state index contributed by atoms with van der Waals surface area (Å²) in [6.07, 6.45) is 1.64. The zero-order valence-corrected chi connectivity index (χ0v) is 12.9. The minimum absolute atomic E-state index is 0.0677. The van der Waals surface area contributed by atoms with Crippen LogP contribution in [0.4, 0.5) is 5.69 Å². The number of hydrogen-bond donors (Lipinski definition) is 1.